The van der Waals surface area contributed by atoms with Crippen molar-refractivity contribution in [3.8, 4) is 0 Å². The molecular formula is C10H15NS. The Morgan fingerprint density at radius 2 is 2.17 bits per heavy atom. The topological polar surface area (TPSA) is 26.0 Å². The van der Waals surface area contributed by atoms with Crippen LogP contribution in [0.1, 0.15) is 18.1 Å². The van der Waals surface area contributed by atoms with Crippen molar-refractivity contribution in [2.75, 3.05) is 6.26 Å². The van der Waals surface area contributed by atoms with Crippen molar-refractivity contribution in [2.45, 2.75) is 24.8 Å². The van der Waals surface area contributed by atoms with E-state index in [1.165, 1.54) is 16.0 Å². The maximum atomic E-state index is 5.56. The molecule has 0 heterocycles. The first-order chi connectivity index (χ1) is 5.81. The van der Waals surface area contributed by atoms with Crippen LogP contribution in [0.3, 0.4) is 0 Å². The summed E-state index contributed by atoms with van der Waals surface area (Å²) in [6, 6.07) is 6.46. The average Bonchev–Trinajstić information content (AvgIpc) is 2.16. The molecule has 0 bridgehead atoms. The lowest BCUT2D eigenvalue weighted by molar-refractivity contribution is 1.02. The van der Waals surface area contributed by atoms with Crippen molar-refractivity contribution in [3.63, 3.8) is 0 Å². The van der Waals surface area contributed by atoms with Gasteiger partial charge >= 0.3 is 0 Å². The van der Waals surface area contributed by atoms with E-state index < -0.39 is 0 Å². The monoisotopic (exact) mass is 181 g/mol. The summed E-state index contributed by atoms with van der Waals surface area (Å²) in [6.45, 7) is 2.82. The maximum absolute atomic E-state index is 5.56. The molecule has 1 aromatic carbocycles. The van der Waals surface area contributed by atoms with E-state index >= 15 is 0 Å². The first kappa shape index (κ1) is 9.62. The lowest BCUT2D eigenvalue weighted by Crippen LogP contribution is -1.97. The number of rotatable bonds is 3. The van der Waals surface area contributed by atoms with Crippen molar-refractivity contribution in [1.29, 1.82) is 0 Å². The van der Waals surface area contributed by atoms with Crippen LogP contribution in [0.2, 0.25) is 0 Å². The molecular weight excluding hydrogens is 166 g/mol. The Morgan fingerprint density at radius 1 is 1.42 bits per heavy atom. The molecule has 0 saturated carbocycles. The molecule has 2 N–H and O–H groups in total. The van der Waals surface area contributed by atoms with Gasteiger partial charge in [-0.1, -0.05) is 19.1 Å². The summed E-state index contributed by atoms with van der Waals surface area (Å²) < 4.78 is 0. The Bertz CT molecular complexity index is 258. The highest BCUT2D eigenvalue weighted by atomic mass is 32.2. The normalized spacial score (nSPS) is 10.2. The van der Waals surface area contributed by atoms with E-state index in [1.807, 2.05) is 0 Å². The number of thioether (sulfide) groups is 1. The largest absolute Gasteiger partial charge is 0.326 e. The van der Waals surface area contributed by atoms with E-state index in [1.54, 1.807) is 11.8 Å². The summed E-state index contributed by atoms with van der Waals surface area (Å²) >= 11 is 1.80. The molecule has 1 rings (SSSR count). The lowest BCUT2D eigenvalue weighted by atomic mass is 10.1. The van der Waals surface area contributed by atoms with Crippen LogP contribution >= 0.6 is 11.8 Å². The van der Waals surface area contributed by atoms with Crippen molar-refractivity contribution in [1.82, 2.24) is 0 Å². The Hall–Kier alpha value is -0.470. The summed E-state index contributed by atoms with van der Waals surface area (Å²) in [5, 5.41) is 0. The summed E-state index contributed by atoms with van der Waals surface area (Å²) in [5.74, 6) is 0. The maximum Gasteiger partial charge on any atom is 0.0178 e. The molecule has 0 aromatic heterocycles. The van der Waals surface area contributed by atoms with Crippen LogP contribution in [0.4, 0.5) is 0 Å². The highest BCUT2D eigenvalue weighted by molar-refractivity contribution is 7.98. The first-order valence-electron chi connectivity index (χ1n) is 4.17. The smallest absolute Gasteiger partial charge is 0.0178 e. The predicted octanol–water partition coefficient (Wildman–Crippen LogP) is 2.43. The van der Waals surface area contributed by atoms with Crippen LogP contribution in [0, 0.1) is 0 Å². The van der Waals surface area contributed by atoms with Crippen molar-refractivity contribution < 1.29 is 0 Å². The van der Waals surface area contributed by atoms with Gasteiger partial charge in [0.2, 0.25) is 0 Å². The second-order valence-electron chi connectivity index (χ2n) is 2.70. The molecule has 2 heteroatoms. The van der Waals surface area contributed by atoms with Crippen molar-refractivity contribution in [2.24, 2.45) is 5.73 Å². The SMILES string of the molecule is CCc1cc(CN)ccc1SC. The second-order valence-corrected chi connectivity index (χ2v) is 3.55. The van der Waals surface area contributed by atoms with Gasteiger partial charge in [0.05, 0.1) is 0 Å². The summed E-state index contributed by atoms with van der Waals surface area (Å²) in [7, 11) is 0. The van der Waals surface area contributed by atoms with Crippen LogP contribution in [0.15, 0.2) is 23.1 Å². The minimum absolute atomic E-state index is 0.641. The zero-order chi connectivity index (χ0) is 8.97. The minimum atomic E-state index is 0.641. The number of aryl methyl sites for hydroxylation is 1. The molecule has 66 valence electrons. The van der Waals surface area contributed by atoms with Gasteiger partial charge in [-0.15, -0.1) is 11.8 Å². The Morgan fingerprint density at radius 3 is 2.67 bits per heavy atom. The summed E-state index contributed by atoms with van der Waals surface area (Å²) in [6.07, 6.45) is 3.20. The summed E-state index contributed by atoms with van der Waals surface area (Å²) in [5.41, 5.74) is 8.19. The van der Waals surface area contributed by atoms with E-state index in [-0.39, 0.29) is 0 Å². The molecule has 0 aliphatic carbocycles. The first-order valence-corrected chi connectivity index (χ1v) is 5.40. The third-order valence-corrected chi connectivity index (χ3v) is 2.80. The fourth-order valence-corrected chi connectivity index (χ4v) is 1.90. The molecule has 12 heavy (non-hydrogen) atoms. The Labute approximate surface area is 78.4 Å². The van der Waals surface area contributed by atoms with Crippen LogP contribution < -0.4 is 5.73 Å². The van der Waals surface area contributed by atoms with Gasteiger partial charge in [0, 0.05) is 11.4 Å². The van der Waals surface area contributed by atoms with Crippen LogP contribution in [0.5, 0.6) is 0 Å². The molecule has 0 atom stereocenters. The molecule has 0 aliphatic rings. The van der Waals surface area contributed by atoms with Crippen LogP contribution in [-0.4, -0.2) is 6.26 Å². The number of benzene rings is 1. The number of hydrogen-bond donors (Lipinski definition) is 1. The average molecular weight is 181 g/mol. The predicted molar refractivity (Wildman–Crippen MR) is 55.5 cm³/mol. The zero-order valence-corrected chi connectivity index (χ0v) is 8.45. The molecule has 0 fully saturated rings. The molecule has 0 aliphatic heterocycles. The van der Waals surface area contributed by atoms with Gasteiger partial charge in [0.1, 0.15) is 0 Å². The van der Waals surface area contributed by atoms with Gasteiger partial charge in [0.25, 0.3) is 0 Å². The van der Waals surface area contributed by atoms with Crippen LogP contribution in [-0.2, 0) is 13.0 Å². The molecule has 0 spiro atoms. The van der Waals surface area contributed by atoms with Crippen molar-refractivity contribution in [3.05, 3.63) is 29.3 Å². The lowest BCUT2D eigenvalue weighted by Gasteiger charge is -2.06. The Balaban J connectivity index is 3.02. The minimum Gasteiger partial charge on any atom is -0.326 e. The second kappa shape index (κ2) is 4.53. The molecule has 0 radical (unpaired) electrons. The number of hydrogen-bond acceptors (Lipinski definition) is 2. The van der Waals surface area contributed by atoms with Gasteiger partial charge in [-0.05, 0) is 29.9 Å². The van der Waals surface area contributed by atoms with Gasteiger partial charge in [-0.2, -0.15) is 0 Å². The molecule has 1 nitrogen and oxygen atoms in total. The zero-order valence-electron chi connectivity index (χ0n) is 7.63. The molecule has 1 aromatic rings. The third kappa shape index (κ3) is 2.02. The third-order valence-electron chi connectivity index (χ3n) is 1.96. The number of nitrogens with two attached hydrogens (primary N) is 1. The van der Waals surface area contributed by atoms with E-state index in [4.69, 9.17) is 5.73 Å². The van der Waals surface area contributed by atoms with Gasteiger partial charge in [0.15, 0.2) is 0 Å². The van der Waals surface area contributed by atoms with E-state index in [0.717, 1.165) is 6.42 Å². The van der Waals surface area contributed by atoms with Gasteiger partial charge in [-0.3, -0.25) is 0 Å². The Kier molecular flexibility index (Phi) is 3.63. The molecule has 0 amide bonds. The van der Waals surface area contributed by atoms with E-state index in [2.05, 4.69) is 31.4 Å². The summed E-state index contributed by atoms with van der Waals surface area (Å²) in [4.78, 5) is 1.37. The fraction of sp³-hybridized carbons (Fsp3) is 0.400. The van der Waals surface area contributed by atoms with Gasteiger partial charge in [-0.25, -0.2) is 0 Å². The van der Waals surface area contributed by atoms with Crippen molar-refractivity contribution >= 4 is 11.8 Å². The van der Waals surface area contributed by atoms with Crippen LogP contribution in [0.25, 0.3) is 0 Å². The van der Waals surface area contributed by atoms with Gasteiger partial charge < -0.3 is 5.73 Å². The highest BCUT2D eigenvalue weighted by Gasteiger charge is 1.99. The van der Waals surface area contributed by atoms with E-state index in [9.17, 15) is 0 Å². The quantitative estimate of drug-likeness (QED) is 0.725. The molecule has 0 unspecified atom stereocenters. The standard InChI is InChI=1S/C10H15NS/c1-3-9-6-8(7-11)4-5-10(9)12-2/h4-6H,3,7,11H2,1-2H3. The molecule has 0 saturated heterocycles. The fourth-order valence-electron chi connectivity index (χ4n) is 1.24. The van der Waals surface area contributed by atoms with E-state index in [0.29, 0.717) is 6.54 Å². The highest BCUT2D eigenvalue weighted by Crippen LogP contribution is 2.21.